The van der Waals surface area contributed by atoms with Crippen LogP contribution in [0.15, 0.2) is 66.5 Å². The molecule has 0 saturated heterocycles. The van der Waals surface area contributed by atoms with Crippen LogP contribution in [0.3, 0.4) is 0 Å². The summed E-state index contributed by atoms with van der Waals surface area (Å²) in [5.41, 5.74) is 0.222. The molecular weight excluding hydrogens is 398 g/mol. The second-order valence-corrected chi connectivity index (χ2v) is 7.86. The monoisotopic (exact) mass is 431 g/mol. The third-order valence-electron chi connectivity index (χ3n) is 4.39. The van der Waals surface area contributed by atoms with Gasteiger partial charge in [0.05, 0.1) is 19.6 Å². The fraction of sp³-hybridized carbons (Fsp3) is 0.417. The molecule has 1 aromatic rings. The molecular formula is C24H33NO6. The van der Waals surface area contributed by atoms with Gasteiger partial charge in [-0.15, -0.1) is 0 Å². The minimum Gasteiger partial charge on any atom is -0.497 e. The zero-order valence-electron chi connectivity index (χ0n) is 18.9. The van der Waals surface area contributed by atoms with Crippen molar-refractivity contribution in [2.75, 3.05) is 7.11 Å². The van der Waals surface area contributed by atoms with E-state index in [1.807, 2.05) is 6.92 Å². The Morgan fingerprint density at radius 1 is 1.19 bits per heavy atom. The number of methoxy groups -OCH3 is 1. The van der Waals surface area contributed by atoms with E-state index in [-0.39, 0.29) is 0 Å². The summed E-state index contributed by atoms with van der Waals surface area (Å²) in [6.45, 7) is 10.6. The van der Waals surface area contributed by atoms with Crippen LogP contribution < -0.4 is 0 Å². The van der Waals surface area contributed by atoms with E-state index >= 15 is 0 Å². The first-order valence-electron chi connectivity index (χ1n) is 10.1. The van der Waals surface area contributed by atoms with Gasteiger partial charge in [0.25, 0.3) is 0 Å². The summed E-state index contributed by atoms with van der Waals surface area (Å²) in [5, 5.41) is 20.7. The SMILES string of the molecule is C=C/C(=C\C=C(/CC)C(O)N(C(=O)OC(C)(C)C)C(CC(=O)O)c1ccccc1)OC. The van der Waals surface area contributed by atoms with Gasteiger partial charge in [-0.3, -0.25) is 9.69 Å². The fourth-order valence-corrected chi connectivity index (χ4v) is 2.90. The highest BCUT2D eigenvalue weighted by molar-refractivity contribution is 5.73. The smallest absolute Gasteiger partial charge is 0.413 e. The van der Waals surface area contributed by atoms with Crippen LogP contribution in [0.4, 0.5) is 4.79 Å². The Hall–Kier alpha value is -3.06. The van der Waals surface area contributed by atoms with Gasteiger partial charge in [-0.2, -0.15) is 0 Å². The summed E-state index contributed by atoms with van der Waals surface area (Å²) >= 11 is 0. The van der Waals surface area contributed by atoms with Crippen LogP contribution in [0.5, 0.6) is 0 Å². The zero-order valence-corrected chi connectivity index (χ0v) is 18.9. The van der Waals surface area contributed by atoms with E-state index in [2.05, 4.69) is 6.58 Å². The van der Waals surface area contributed by atoms with Crippen molar-refractivity contribution in [3.63, 3.8) is 0 Å². The first kappa shape index (κ1) is 26.0. The van der Waals surface area contributed by atoms with Crippen LogP contribution in [0, 0.1) is 0 Å². The molecule has 0 bridgehead atoms. The average Bonchev–Trinajstić information content (AvgIpc) is 2.70. The van der Waals surface area contributed by atoms with Crippen molar-refractivity contribution in [2.45, 2.75) is 58.4 Å². The number of carbonyl (C=O) groups excluding carboxylic acids is 1. The van der Waals surface area contributed by atoms with Gasteiger partial charge < -0.3 is 19.7 Å². The lowest BCUT2D eigenvalue weighted by atomic mass is 10.00. The second kappa shape index (κ2) is 12.0. The van der Waals surface area contributed by atoms with Crippen LogP contribution in [0.25, 0.3) is 0 Å². The molecule has 0 aliphatic heterocycles. The van der Waals surface area contributed by atoms with E-state index in [4.69, 9.17) is 9.47 Å². The molecule has 7 nitrogen and oxygen atoms in total. The maximum atomic E-state index is 13.1. The largest absolute Gasteiger partial charge is 0.497 e. The van der Waals surface area contributed by atoms with Crippen molar-refractivity contribution in [1.82, 2.24) is 4.90 Å². The lowest BCUT2D eigenvalue weighted by molar-refractivity contribution is -0.139. The number of aliphatic hydroxyl groups excluding tert-OH is 1. The Morgan fingerprint density at radius 3 is 2.26 bits per heavy atom. The molecule has 1 aromatic carbocycles. The highest BCUT2D eigenvalue weighted by Gasteiger charge is 2.36. The van der Waals surface area contributed by atoms with Gasteiger partial charge in [-0.25, -0.2) is 4.79 Å². The first-order valence-corrected chi connectivity index (χ1v) is 10.1. The molecule has 0 fully saturated rings. The summed E-state index contributed by atoms with van der Waals surface area (Å²) in [5.74, 6) is -0.628. The predicted molar refractivity (Wildman–Crippen MR) is 119 cm³/mol. The quantitative estimate of drug-likeness (QED) is 0.313. The first-order chi connectivity index (χ1) is 14.5. The number of amides is 1. The highest BCUT2D eigenvalue weighted by atomic mass is 16.6. The van der Waals surface area contributed by atoms with Gasteiger partial charge in [0.2, 0.25) is 0 Å². The van der Waals surface area contributed by atoms with Gasteiger partial charge >= 0.3 is 12.1 Å². The molecule has 0 aliphatic rings. The van der Waals surface area contributed by atoms with Crippen LogP contribution >= 0.6 is 0 Å². The number of aliphatic hydroxyl groups is 1. The number of ether oxygens (including phenoxy) is 2. The summed E-state index contributed by atoms with van der Waals surface area (Å²) in [6, 6.07) is 7.78. The average molecular weight is 432 g/mol. The van der Waals surface area contributed by atoms with Crippen LogP contribution in [0.2, 0.25) is 0 Å². The van der Waals surface area contributed by atoms with E-state index in [1.165, 1.54) is 13.2 Å². The normalized spacial score (nSPS) is 14.4. The Kier molecular flexibility index (Phi) is 10.0. The van der Waals surface area contributed by atoms with Gasteiger partial charge in [0, 0.05) is 0 Å². The van der Waals surface area contributed by atoms with Crippen molar-refractivity contribution in [2.24, 2.45) is 0 Å². The molecule has 1 amide bonds. The summed E-state index contributed by atoms with van der Waals surface area (Å²) < 4.78 is 10.7. The summed E-state index contributed by atoms with van der Waals surface area (Å²) in [4.78, 5) is 25.9. The molecule has 31 heavy (non-hydrogen) atoms. The highest BCUT2D eigenvalue weighted by Crippen LogP contribution is 2.31. The molecule has 1 rings (SSSR count). The van der Waals surface area contributed by atoms with Gasteiger partial charge in [0.1, 0.15) is 11.4 Å². The molecule has 0 heterocycles. The predicted octanol–water partition coefficient (Wildman–Crippen LogP) is 4.81. The molecule has 0 saturated carbocycles. The standard InChI is InChI=1S/C24H33NO6/c1-7-17(14-15-19(8-2)30-6)22(28)25(23(29)31-24(3,4)5)20(16-21(26)27)18-12-10-9-11-13-18/h8-15,20,22,28H,2,7,16H2,1,3-6H3,(H,26,27)/b17-14+,19-15+. The van der Waals surface area contributed by atoms with Crippen molar-refractivity contribution >= 4 is 12.1 Å². The van der Waals surface area contributed by atoms with Crippen molar-refractivity contribution in [3.05, 3.63) is 72.0 Å². The zero-order chi connectivity index (χ0) is 23.6. The lowest BCUT2D eigenvalue weighted by Gasteiger charge is -2.37. The number of hydrogen-bond acceptors (Lipinski definition) is 5. The minimum absolute atomic E-state index is 0.400. The Labute approximate surface area is 184 Å². The van der Waals surface area contributed by atoms with Crippen LogP contribution in [-0.4, -0.2) is 46.1 Å². The van der Waals surface area contributed by atoms with E-state index in [1.54, 1.807) is 63.3 Å². The molecule has 2 unspecified atom stereocenters. The Bertz CT molecular complexity index is 807. The maximum absolute atomic E-state index is 13.1. The number of rotatable bonds is 10. The molecule has 0 spiro atoms. The molecule has 2 atom stereocenters. The molecule has 170 valence electrons. The summed E-state index contributed by atoms with van der Waals surface area (Å²) in [6.07, 6.45) is 2.54. The number of hydrogen-bond donors (Lipinski definition) is 2. The fourth-order valence-electron chi connectivity index (χ4n) is 2.90. The number of benzene rings is 1. The van der Waals surface area contributed by atoms with E-state index in [0.29, 0.717) is 23.3 Å². The molecule has 0 aliphatic carbocycles. The van der Waals surface area contributed by atoms with Gasteiger partial charge in [-0.1, -0.05) is 49.9 Å². The van der Waals surface area contributed by atoms with E-state index < -0.39 is 36.4 Å². The number of carboxylic acid groups (broad SMARTS) is 1. The Morgan fingerprint density at radius 2 is 1.81 bits per heavy atom. The van der Waals surface area contributed by atoms with Gasteiger partial charge in [0.15, 0.2) is 6.23 Å². The van der Waals surface area contributed by atoms with Crippen LogP contribution in [0.1, 0.15) is 52.1 Å². The number of aliphatic carboxylic acids is 1. The number of nitrogens with zero attached hydrogens (tertiary/aromatic N) is 1. The third-order valence-corrected chi connectivity index (χ3v) is 4.39. The van der Waals surface area contributed by atoms with Crippen LogP contribution in [-0.2, 0) is 14.3 Å². The maximum Gasteiger partial charge on any atom is 0.413 e. The van der Waals surface area contributed by atoms with Crippen molar-refractivity contribution in [3.8, 4) is 0 Å². The number of carbonyl (C=O) groups is 2. The van der Waals surface area contributed by atoms with E-state index in [0.717, 1.165) is 4.90 Å². The third kappa shape index (κ3) is 8.30. The molecule has 7 heteroatoms. The summed E-state index contributed by atoms with van der Waals surface area (Å²) in [7, 11) is 1.49. The number of carboxylic acids is 1. The van der Waals surface area contributed by atoms with Crippen molar-refractivity contribution in [1.29, 1.82) is 0 Å². The molecule has 0 radical (unpaired) electrons. The number of allylic oxidation sites excluding steroid dienone is 3. The van der Waals surface area contributed by atoms with E-state index in [9.17, 15) is 19.8 Å². The van der Waals surface area contributed by atoms with Crippen molar-refractivity contribution < 1.29 is 29.3 Å². The topological polar surface area (TPSA) is 96.3 Å². The molecule has 2 N–H and O–H groups in total. The molecule has 0 aromatic heterocycles. The lowest BCUT2D eigenvalue weighted by Crippen LogP contribution is -2.47. The second-order valence-electron chi connectivity index (χ2n) is 7.86. The Balaban J connectivity index is 3.54. The minimum atomic E-state index is -1.41. The van der Waals surface area contributed by atoms with Gasteiger partial charge in [-0.05, 0) is 50.5 Å².